The normalized spacial score (nSPS) is 17.7. The average Bonchev–Trinajstić information content (AvgIpc) is 3.29. The summed E-state index contributed by atoms with van der Waals surface area (Å²) in [6.07, 6.45) is 22.8. The molecule has 0 spiro atoms. The molecule has 0 amide bonds. The molecule has 3 aliphatic carbocycles. The van der Waals surface area contributed by atoms with Gasteiger partial charge in [0, 0.05) is 5.41 Å². The number of hydrogen-bond acceptors (Lipinski definition) is 0. The van der Waals surface area contributed by atoms with Crippen LogP contribution < -0.4 is 0 Å². The van der Waals surface area contributed by atoms with Crippen LogP contribution in [0.4, 0.5) is 0 Å². The predicted octanol–water partition coefficient (Wildman–Crippen LogP) is 17.3. The highest BCUT2D eigenvalue weighted by Gasteiger charge is 2.39. The lowest BCUT2D eigenvalue weighted by atomic mass is 9.32. The average molecular weight is 819 g/mol. The van der Waals surface area contributed by atoms with Gasteiger partial charge in [0.25, 0.3) is 0 Å². The zero-order valence-corrected chi connectivity index (χ0v) is 39.0. The second-order valence-electron chi connectivity index (χ2n) is 17.8. The van der Waals surface area contributed by atoms with Crippen LogP contribution in [0, 0.1) is 25.2 Å². The zero-order valence-electron chi connectivity index (χ0n) is 39.0. The largest absolute Gasteiger partial charge is 0.213 e. The number of rotatable bonds is 8. The molecule has 0 bridgehead atoms. The first kappa shape index (κ1) is 44.7. The van der Waals surface area contributed by atoms with E-state index in [9.17, 15) is 0 Å². The van der Waals surface area contributed by atoms with Gasteiger partial charge in [-0.3, -0.25) is 0 Å². The summed E-state index contributed by atoms with van der Waals surface area (Å²) >= 11 is 0. The zero-order chi connectivity index (χ0) is 44.7. The van der Waals surface area contributed by atoms with Crippen LogP contribution in [0.1, 0.15) is 90.5 Å². The third-order valence-corrected chi connectivity index (χ3v) is 13.1. The van der Waals surface area contributed by atoms with Crippen molar-refractivity contribution in [2.45, 2.75) is 86.9 Å². The smallest absolute Gasteiger partial charge is 0.115 e. The summed E-state index contributed by atoms with van der Waals surface area (Å²) < 4.78 is 0. The van der Waals surface area contributed by atoms with Gasteiger partial charge in [-0.2, -0.15) is 0 Å². The fourth-order valence-electron chi connectivity index (χ4n) is 10.5. The van der Waals surface area contributed by atoms with Crippen LogP contribution in [-0.4, -0.2) is 6.71 Å². The third kappa shape index (κ3) is 9.38. The molecule has 0 radical (unpaired) electrons. The van der Waals surface area contributed by atoms with Crippen molar-refractivity contribution < 1.29 is 0 Å². The Kier molecular flexibility index (Phi) is 14.0. The molecular formula is C62H63B. The summed E-state index contributed by atoms with van der Waals surface area (Å²) in [5, 5.41) is 2.75. The van der Waals surface area contributed by atoms with Crippen molar-refractivity contribution in [3.05, 3.63) is 214 Å². The lowest BCUT2D eigenvalue weighted by Crippen LogP contribution is -2.31. The van der Waals surface area contributed by atoms with Crippen molar-refractivity contribution in [1.29, 1.82) is 0 Å². The van der Waals surface area contributed by atoms with E-state index >= 15 is 0 Å². The lowest BCUT2D eigenvalue weighted by molar-refractivity contribution is 0.604. The summed E-state index contributed by atoms with van der Waals surface area (Å²) in [5.74, 6) is 3.28. The van der Waals surface area contributed by atoms with Crippen molar-refractivity contribution in [1.82, 2.24) is 0 Å². The van der Waals surface area contributed by atoms with Crippen LogP contribution in [0.25, 0.3) is 55.7 Å². The molecule has 2 unspecified atom stereocenters. The van der Waals surface area contributed by atoms with Crippen molar-refractivity contribution >= 4 is 29.0 Å². The predicted molar refractivity (Wildman–Crippen MR) is 279 cm³/mol. The van der Waals surface area contributed by atoms with Crippen LogP contribution in [0.15, 0.2) is 192 Å². The molecule has 0 heterocycles. The quantitative estimate of drug-likeness (QED) is 0.0815. The van der Waals surface area contributed by atoms with Crippen molar-refractivity contribution in [2.24, 2.45) is 5.92 Å². The van der Waals surface area contributed by atoms with Crippen LogP contribution in [0.3, 0.4) is 0 Å². The van der Waals surface area contributed by atoms with E-state index in [1.165, 1.54) is 94.1 Å². The molecule has 0 N–H and O–H groups in total. The van der Waals surface area contributed by atoms with E-state index in [4.69, 9.17) is 6.42 Å². The number of benzene rings is 6. The molecule has 9 rings (SSSR count). The van der Waals surface area contributed by atoms with Crippen LogP contribution in [-0.2, 0) is 5.41 Å². The maximum atomic E-state index is 5.63. The standard InChI is InChI=1S/C47H45B.C13H12.C2H6/c1-8-14-31(2)27-33(4)30-48(46-34(5)28-32(3)29-35(46)6)43-24-26-47(7)25-23-37-19-20-40(41-21-22-42(43)45(47)44(37)41)39-18-13-12-17-38(39)36-15-10-9-11-16-36;1-11-7-5-6-10-13(11)12-8-3-2-4-9-12;1-2/h1,9-25,27-28,32H,26,29-30H2,2-7H3;2-10H,1H3;1-2H3/b31-14-,33-27-;;. The Morgan fingerprint density at radius 2 is 1.33 bits per heavy atom. The van der Waals surface area contributed by atoms with Gasteiger partial charge in [0.2, 0.25) is 6.71 Å². The summed E-state index contributed by atoms with van der Waals surface area (Å²) in [6.45, 7) is 20.3. The molecule has 63 heavy (non-hydrogen) atoms. The highest BCUT2D eigenvalue weighted by molar-refractivity contribution is 6.86. The molecule has 0 nitrogen and oxygen atoms in total. The Hall–Kier alpha value is -6.36. The topological polar surface area (TPSA) is 0 Å². The Labute approximate surface area is 379 Å². The lowest BCUT2D eigenvalue weighted by Gasteiger charge is -2.40. The third-order valence-electron chi connectivity index (χ3n) is 13.1. The molecule has 6 aromatic rings. The summed E-state index contributed by atoms with van der Waals surface area (Å²) in [6, 6.07) is 48.2. The van der Waals surface area contributed by atoms with Gasteiger partial charge in [-0.15, -0.1) is 6.42 Å². The van der Waals surface area contributed by atoms with Crippen molar-refractivity contribution in [3.8, 4) is 45.7 Å². The Morgan fingerprint density at radius 1 is 0.730 bits per heavy atom. The van der Waals surface area contributed by atoms with Crippen LogP contribution in [0.2, 0.25) is 6.32 Å². The highest BCUT2D eigenvalue weighted by atomic mass is 14.4. The van der Waals surface area contributed by atoms with E-state index in [0.29, 0.717) is 5.92 Å². The minimum Gasteiger partial charge on any atom is -0.115 e. The van der Waals surface area contributed by atoms with Gasteiger partial charge in [0.1, 0.15) is 0 Å². The number of aryl methyl sites for hydroxylation is 1. The van der Waals surface area contributed by atoms with E-state index in [-0.39, 0.29) is 12.1 Å². The molecular weight excluding hydrogens is 755 g/mol. The Morgan fingerprint density at radius 3 is 1.98 bits per heavy atom. The second kappa shape index (κ2) is 19.8. The van der Waals surface area contributed by atoms with E-state index < -0.39 is 0 Å². The molecule has 0 aliphatic heterocycles. The van der Waals surface area contributed by atoms with E-state index in [1.54, 1.807) is 0 Å². The van der Waals surface area contributed by atoms with E-state index in [1.807, 2.05) is 26.0 Å². The van der Waals surface area contributed by atoms with Gasteiger partial charge in [-0.1, -0.05) is 225 Å². The molecule has 1 heteroatoms. The molecule has 2 atom stereocenters. The maximum absolute atomic E-state index is 5.63. The fraction of sp³-hybridized carbons (Fsp3) is 0.226. The van der Waals surface area contributed by atoms with Gasteiger partial charge in [-0.25, -0.2) is 0 Å². The van der Waals surface area contributed by atoms with Gasteiger partial charge in [0.05, 0.1) is 0 Å². The maximum Gasteiger partial charge on any atom is 0.213 e. The van der Waals surface area contributed by atoms with E-state index in [2.05, 4.69) is 212 Å². The van der Waals surface area contributed by atoms with Crippen molar-refractivity contribution in [3.63, 3.8) is 0 Å². The summed E-state index contributed by atoms with van der Waals surface area (Å²) in [5.41, 5.74) is 21.7. The summed E-state index contributed by atoms with van der Waals surface area (Å²) in [7, 11) is 0. The number of terminal acetylenes is 1. The number of hydrogen-bond donors (Lipinski definition) is 0. The Bertz CT molecular complexity index is 2850. The first-order valence-corrected chi connectivity index (χ1v) is 23.0. The van der Waals surface area contributed by atoms with Crippen LogP contribution >= 0.6 is 0 Å². The number of allylic oxidation sites excluding steroid dienone is 10. The molecule has 0 saturated carbocycles. The van der Waals surface area contributed by atoms with Gasteiger partial charge in [-0.05, 0) is 138 Å². The first-order chi connectivity index (χ1) is 30.6. The van der Waals surface area contributed by atoms with Gasteiger partial charge >= 0.3 is 0 Å². The van der Waals surface area contributed by atoms with Gasteiger partial charge in [0.15, 0.2) is 0 Å². The fourth-order valence-corrected chi connectivity index (χ4v) is 10.5. The monoisotopic (exact) mass is 819 g/mol. The van der Waals surface area contributed by atoms with Gasteiger partial charge < -0.3 is 0 Å². The molecule has 0 fully saturated rings. The van der Waals surface area contributed by atoms with E-state index in [0.717, 1.165) is 24.7 Å². The minimum absolute atomic E-state index is 0.0557. The highest BCUT2D eigenvalue weighted by Crippen LogP contribution is 2.52. The molecule has 6 aromatic carbocycles. The Balaban J connectivity index is 0.000000336. The van der Waals surface area contributed by atoms with Crippen LogP contribution in [0.5, 0.6) is 0 Å². The van der Waals surface area contributed by atoms with Crippen molar-refractivity contribution in [2.75, 3.05) is 0 Å². The molecule has 0 aromatic heterocycles. The minimum atomic E-state index is -0.0557. The summed E-state index contributed by atoms with van der Waals surface area (Å²) in [4.78, 5) is 0. The molecule has 3 aliphatic rings. The SMILES string of the molecule is C#C/C=C(C)\C=C(\C)CB(C1=CCC2(C)C=Cc3ccc(-c4ccccc4-c4ccccc4)c4ccc1c2c34)C1=C(C)CC(C)C=C1C.CC.Cc1ccccc1-c1ccccc1. The first-order valence-electron chi connectivity index (χ1n) is 23.0. The molecule has 0 saturated heterocycles. The molecule has 314 valence electrons. The second-order valence-corrected chi connectivity index (χ2v) is 17.8.